The second kappa shape index (κ2) is 9.97. The van der Waals surface area contributed by atoms with E-state index in [2.05, 4.69) is 6.58 Å². The van der Waals surface area contributed by atoms with E-state index < -0.39 is 0 Å². The lowest BCUT2D eigenvalue weighted by Crippen LogP contribution is -1.69. The number of fused-ring (bicyclic) bond motifs is 1. The predicted octanol–water partition coefficient (Wildman–Crippen LogP) is 4.54. The van der Waals surface area contributed by atoms with Crippen molar-refractivity contribution in [3.63, 3.8) is 0 Å². The summed E-state index contributed by atoms with van der Waals surface area (Å²) in [5.74, 6) is 0.940. The van der Waals surface area contributed by atoms with Crippen LogP contribution >= 0.6 is 0 Å². The molecule has 0 amide bonds. The van der Waals surface area contributed by atoms with Gasteiger partial charge < -0.3 is 14.6 Å². The Hall–Kier alpha value is -2.00. The highest BCUT2D eigenvalue weighted by molar-refractivity contribution is 5.79. The molecule has 3 heteroatoms. The molecular weight excluding hydrogens is 240 g/mol. The van der Waals surface area contributed by atoms with Crippen molar-refractivity contribution in [2.45, 2.75) is 20.8 Å². The number of rotatable bonds is 2. The Kier molecular flexibility index (Phi) is 8.92. The zero-order valence-corrected chi connectivity index (χ0v) is 11.8. The van der Waals surface area contributed by atoms with Gasteiger partial charge in [-0.05, 0) is 25.1 Å². The third-order valence-corrected chi connectivity index (χ3v) is 1.83. The molecule has 2 N–H and O–H groups in total. The lowest BCUT2D eigenvalue weighted by Gasteiger charge is -1.83. The van der Waals surface area contributed by atoms with E-state index in [0.717, 1.165) is 16.7 Å². The van der Waals surface area contributed by atoms with Crippen molar-refractivity contribution < 1.29 is 14.6 Å². The first-order chi connectivity index (χ1) is 9.13. The van der Waals surface area contributed by atoms with Crippen LogP contribution in [0, 0.1) is 0 Å². The van der Waals surface area contributed by atoms with Crippen LogP contribution in [0.5, 0.6) is 0 Å². The molecule has 0 aliphatic heterocycles. The minimum atomic E-state index is 0.0387. The standard InChI is InChI=1S/C11H10O2.C3H6O.C2H6/c12-7-3-5-10-8-9-4-1-2-6-11(9)13-10;1-3(2)4;1-2/h1-6,8,12H,7H2;4H,1H2,2H3;1-2H3/b5-3+;;. The van der Waals surface area contributed by atoms with Crippen LogP contribution in [0.2, 0.25) is 0 Å². The Morgan fingerprint density at radius 1 is 1.32 bits per heavy atom. The van der Waals surface area contributed by atoms with Crippen LogP contribution in [0.25, 0.3) is 17.0 Å². The Balaban J connectivity index is 0.000000467. The number of para-hydroxylation sites is 1. The first-order valence-electron chi connectivity index (χ1n) is 6.24. The molecule has 2 aromatic rings. The summed E-state index contributed by atoms with van der Waals surface area (Å²) in [4.78, 5) is 0. The van der Waals surface area contributed by atoms with Crippen LogP contribution in [0.4, 0.5) is 0 Å². The summed E-state index contributed by atoms with van der Waals surface area (Å²) in [6.07, 6.45) is 3.41. The zero-order valence-electron chi connectivity index (χ0n) is 11.8. The third-order valence-electron chi connectivity index (χ3n) is 1.83. The summed E-state index contributed by atoms with van der Waals surface area (Å²) >= 11 is 0. The van der Waals surface area contributed by atoms with Gasteiger partial charge in [0.05, 0.1) is 12.4 Å². The van der Waals surface area contributed by atoms with Crippen molar-refractivity contribution in [3.05, 3.63) is 54.5 Å². The number of hydrogen-bond donors (Lipinski definition) is 2. The van der Waals surface area contributed by atoms with E-state index in [1.165, 1.54) is 6.92 Å². The molecule has 0 atom stereocenters. The summed E-state index contributed by atoms with van der Waals surface area (Å²) in [7, 11) is 0. The number of hydrogen-bond acceptors (Lipinski definition) is 3. The van der Waals surface area contributed by atoms with Gasteiger partial charge in [-0.1, -0.05) is 44.7 Å². The average molecular weight is 262 g/mol. The van der Waals surface area contributed by atoms with Gasteiger partial charge in [-0.2, -0.15) is 0 Å². The lowest BCUT2D eigenvalue weighted by atomic mass is 10.2. The Morgan fingerprint density at radius 2 is 1.89 bits per heavy atom. The van der Waals surface area contributed by atoms with E-state index in [1.807, 2.05) is 44.2 Å². The number of allylic oxidation sites excluding steroid dienone is 1. The molecule has 3 nitrogen and oxygen atoms in total. The highest BCUT2D eigenvalue weighted by atomic mass is 16.3. The van der Waals surface area contributed by atoms with Gasteiger partial charge >= 0.3 is 0 Å². The van der Waals surface area contributed by atoms with Gasteiger partial charge in [-0.3, -0.25) is 0 Å². The van der Waals surface area contributed by atoms with Gasteiger partial charge in [0.2, 0.25) is 0 Å². The maximum atomic E-state index is 8.57. The van der Waals surface area contributed by atoms with E-state index in [4.69, 9.17) is 14.6 Å². The van der Waals surface area contributed by atoms with Crippen LogP contribution in [0.1, 0.15) is 26.5 Å². The lowest BCUT2D eigenvalue weighted by molar-refractivity contribution is 0.343. The predicted molar refractivity (Wildman–Crippen MR) is 81.1 cm³/mol. The largest absolute Gasteiger partial charge is 0.513 e. The first-order valence-corrected chi connectivity index (χ1v) is 6.24. The first kappa shape index (κ1) is 17.0. The quantitative estimate of drug-likeness (QED) is 0.781. The van der Waals surface area contributed by atoms with E-state index in [0.29, 0.717) is 0 Å². The molecule has 0 radical (unpaired) electrons. The van der Waals surface area contributed by atoms with Gasteiger partial charge in [0.1, 0.15) is 11.3 Å². The molecule has 0 saturated carbocycles. The molecule has 0 fully saturated rings. The van der Waals surface area contributed by atoms with Gasteiger partial charge in [-0.25, -0.2) is 0 Å². The molecule has 0 saturated heterocycles. The Morgan fingerprint density at radius 3 is 2.42 bits per heavy atom. The molecule has 1 aromatic carbocycles. The highest BCUT2D eigenvalue weighted by Gasteiger charge is 1.97. The number of furan rings is 1. The fourth-order valence-electron chi connectivity index (χ4n) is 1.25. The average Bonchev–Trinajstić information content (AvgIpc) is 2.80. The normalized spacial score (nSPS) is 9.47. The minimum absolute atomic E-state index is 0.0387. The number of aliphatic hydroxyl groups excluding tert-OH is 2. The molecule has 1 aromatic heterocycles. The van der Waals surface area contributed by atoms with E-state index in [9.17, 15) is 0 Å². The summed E-state index contributed by atoms with van der Waals surface area (Å²) in [5, 5.41) is 17.5. The van der Waals surface area contributed by atoms with Crippen molar-refractivity contribution >= 4 is 17.0 Å². The molecule has 19 heavy (non-hydrogen) atoms. The minimum Gasteiger partial charge on any atom is -0.513 e. The van der Waals surface area contributed by atoms with Crippen LogP contribution in [0.15, 0.2) is 53.2 Å². The molecule has 0 aliphatic carbocycles. The van der Waals surface area contributed by atoms with E-state index >= 15 is 0 Å². The van der Waals surface area contributed by atoms with Crippen molar-refractivity contribution in [1.29, 1.82) is 0 Å². The molecular formula is C16H22O3. The van der Waals surface area contributed by atoms with Crippen molar-refractivity contribution in [2.75, 3.05) is 6.61 Å². The fourth-order valence-corrected chi connectivity index (χ4v) is 1.25. The van der Waals surface area contributed by atoms with Crippen molar-refractivity contribution in [2.24, 2.45) is 0 Å². The van der Waals surface area contributed by atoms with Gasteiger partial charge in [0.15, 0.2) is 0 Å². The van der Waals surface area contributed by atoms with Crippen LogP contribution in [0.3, 0.4) is 0 Å². The van der Waals surface area contributed by atoms with Gasteiger partial charge in [0, 0.05) is 5.39 Å². The second-order valence-electron chi connectivity index (χ2n) is 3.51. The summed E-state index contributed by atoms with van der Waals surface area (Å²) in [5.41, 5.74) is 0.875. The summed E-state index contributed by atoms with van der Waals surface area (Å²) in [6, 6.07) is 9.77. The molecule has 0 aliphatic rings. The highest BCUT2D eigenvalue weighted by Crippen LogP contribution is 2.19. The summed E-state index contributed by atoms with van der Waals surface area (Å²) in [6.45, 7) is 8.68. The molecule has 0 bridgehead atoms. The molecule has 2 rings (SSSR count). The van der Waals surface area contributed by atoms with Gasteiger partial charge in [-0.15, -0.1) is 0 Å². The number of benzene rings is 1. The monoisotopic (exact) mass is 262 g/mol. The van der Waals surface area contributed by atoms with E-state index in [1.54, 1.807) is 12.2 Å². The molecule has 104 valence electrons. The Labute approximate surface area is 114 Å². The molecule has 1 heterocycles. The van der Waals surface area contributed by atoms with Crippen molar-refractivity contribution in [1.82, 2.24) is 0 Å². The maximum Gasteiger partial charge on any atom is 0.134 e. The van der Waals surface area contributed by atoms with E-state index in [-0.39, 0.29) is 12.4 Å². The van der Waals surface area contributed by atoms with Gasteiger partial charge in [0.25, 0.3) is 0 Å². The van der Waals surface area contributed by atoms with Crippen molar-refractivity contribution in [3.8, 4) is 0 Å². The number of aliphatic hydroxyl groups is 2. The Bertz CT molecular complexity index is 472. The molecule has 0 unspecified atom stereocenters. The SMILES string of the molecule is C=C(C)O.CC.OC/C=C/c1cc2ccccc2o1. The smallest absolute Gasteiger partial charge is 0.134 e. The third kappa shape index (κ3) is 7.11. The molecule has 0 spiro atoms. The second-order valence-corrected chi connectivity index (χ2v) is 3.51. The summed E-state index contributed by atoms with van der Waals surface area (Å²) < 4.78 is 5.47. The zero-order chi connectivity index (χ0) is 14.7. The van der Waals surface area contributed by atoms with Crippen LogP contribution in [-0.4, -0.2) is 16.8 Å². The van der Waals surface area contributed by atoms with Crippen LogP contribution < -0.4 is 0 Å². The maximum absolute atomic E-state index is 8.57. The fraction of sp³-hybridized carbons (Fsp3) is 0.250. The van der Waals surface area contributed by atoms with Crippen LogP contribution in [-0.2, 0) is 0 Å². The topological polar surface area (TPSA) is 53.6 Å².